The van der Waals surface area contributed by atoms with E-state index in [4.69, 9.17) is 9.47 Å². The fourth-order valence-corrected chi connectivity index (χ4v) is 1.82. The van der Waals surface area contributed by atoms with Gasteiger partial charge in [0.1, 0.15) is 0 Å². The fourth-order valence-electron chi connectivity index (χ4n) is 1.82. The first-order valence-electron chi connectivity index (χ1n) is 6.00. The highest BCUT2D eigenvalue weighted by Crippen LogP contribution is 2.20. The number of hydrogen-bond donors (Lipinski definition) is 1. The summed E-state index contributed by atoms with van der Waals surface area (Å²) in [6, 6.07) is 6.63. The highest BCUT2D eigenvalue weighted by molar-refractivity contribution is 5.35. The number of likely N-dealkylation sites (N-methyl/N-ethyl adjacent to an activating group) is 1. The summed E-state index contributed by atoms with van der Waals surface area (Å²) < 4.78 is 10.5. The zero-order chi connectivity index (χ0) is 12.7. The van der Waals surface area contributed by atoms with Gasteiger partial charge in [-0.3, -0.25) is 0 Å². The molecule has 1 N–H and O–H groups in total. The molecule has 17 heavy (non-hydrogen) atoms. The molecule has 1 unspecified atom stereocenters. The van der Waals surface area contributed by atoms with Crippen LogP contribution in [0.5, 0.6) is 0 Å². The average Bonchev–Trinajstić information content (AvgIpc) is 2.34. The minimum Gasteiger partial charge on any atom is -0.382 e. The van der Waals surface area contributed by atoms with Crippen molar-refractivity contribution >= 4 is 0 Å². The van der Waals surface area contributed by atoms with Crippen LogP contribution in [0.25, 0.3) is 0 Å². The van der Waals surface area contributed by atoms with Crippen LogP contribution in [0.1, 0.15) is 22.7 Å². The lowest BCUT2D eigenvalue weighted by atomic mass is 9.98. The van der Waals surface area contributed by atoms with Crippen molar-refractivity contribution in [2.75, 3.05) is 34.0 Å². The summed E-state index contributed by atoms with van der Waals surface area (Å²) in [5.74, 6) is 0. The van der Waals surface area contributed by atoms with Gasteiger partial charge in [0.15, 0.2) is 0 Å². The Hall–Kier alpha value is -0.900. The summed E-state index contributed by atoms with van der Waals surface area (Å²) >= 11 is 0. The summed E-state index contributed by atoms with van der Waals surface area (Å²) in [6.07, 6.45) is 0. The molecule has 0 saturated heterocycles. The van der Waals surface area contributed by atoms with Crippen LogP contribution in [0.2, 0.25) is 0 Å². The smallest absolute Gasteiger partial charge is 0.0701 e. The first-order chi connectivity index (χ1) is 8.20. The van der Waals surface area contributed by atoms with Crippen LogP contribution >= 0.6 is 0 Å². The summed E-state index contributed by atoms with van der Waals surface area (Å²) in [5.41, 5.74) is 3.96. The SMILES string of the molecule is CNC(COCCOC)c1cccc(C)c1C. The first kappa shape index (κ1) is 14.2. The topological polar surface area (TPSA) is 30.5 Å². The molecule has 0 aromatic heterocycles. The van der Waals surface area contributed by atoms with E-state index in [1.54, 1.807) is 7.11 Å². The van der Waals surface area contributed by atoms with Gasteiger partial charge in [-0.2, -0.15) is 0 Å². The lowest BCUT2D eigenvalue weighted by Crippen LogP contribution is -2.23. The Morgan fingerprint density at radius 2 is 2.00 bits per heavy atom. The zero-order valence-electron chi connectivity index (χ0n) is 11.2. The normalized spacial score (nSPS) is 12.7. The number of methoxy groups -OCH3 is 1. The fraction of sp³-hybridized carbons (Fsp3) is 0.571. The summed E-state index contributed by atoms with van der Waals surface area (Å²) in [5, 5.41) is 3.30. The van der Waals surface area contributed by atoms with Crippen LogP contribution in [-0.4, -0.2) is 34.0 Å². The van der Waals surface area contributed by atoms with E-state index in [0.717, 1.165) is 0 Å². The van der Waals surface area contributed by atoms with Crippen molar-refractivity contribution < 1.29 is 9.47 Å². The van der Waals surface area contributed by atoms with E-state index in [0.29, 0.717) is 19.8 Å². The van der Waals surface area contributed by atoms with Crippen LogP contribution in [-0.2, 0) is 9.47 Å². The van der Waals surface area contributed by atoms with Gasteiger partial charge < -0.3 is 14.8 Å². The number of rotatable bonds is 7. The van der Waals surface area contributed by atoms with Gasteiger partial charge in [0.05, 0.1) is 25.9 Å². The molecule has 0 aliphatic carbocycles. The maximum Gasteiger partial charge on any atom is 0.0701 e. The van der Waals surface area contributed by atoms with Gasteiger partial charge in [-0.05, 0) is 37.6 Å². The third-order valence-electron chi connectivity index (χ3n) is 3.09. The molecule has 0 heterocycles. The van der Waals surface area contributed by atoms with E-state index >= 15 is 0 Å². The third kappa shape index (κ3) is 4.11. The lowest BCUT2D eigenvalue weighted by molar-refractivity contribution is 0.0595. The molecule has 0 aliphatic rings. The quantitative estimate of drug-likeness (QED) is 0.738. The van der Waals surface area contributed by atoms with Gasteiger partial charge in [0, 0.05) is 7.11 Å². The van der Waals surface area contributed by atoms with Gasteiger partial charge in [-0.1, -0.05) is 18.2 Å². The summed E-state index contributed by atoms with van der Waals surface area (Å²) in [7, 11) is 3.65. The third-order valence-corrected chi connectivity index (χ3v) is 3.09. The second kappa shape index (κ2) is 7.43. The number of nitrogens with one attached hydrogen (secondary N) is 1. The monoisotopic (exact) mass is 237 g/mol. The van der Waals surface area contributed by atoms with Gasteiger partial charge >= 0.3 is 0 Å². The molecule has 1 aromatic rings. The predicted octanol–water partition coefficient (Wildman–Crippen LogP) is 2.23. The molecular formula is C14H23NO2. The van der Waals surface area contributed by atoms with Crippen molar-refractivity contribution in [3.63, 3.8) is 0 Å². The molecule has 1 atom stereocenters. The largest absolute Gasteiger partial charge is 0.382 e. The van der Waals surface area contributed by atoms with Crippen molar-refractivity contribution in [3.05, 3.63) is 34.9 Å². The van der Waals surface area contributed by atoms with Crippen LogP contribution in [0.4, 0.5) is 0 Å². The van der Waals surface area contributed by atoms with Crippen molar-refractivity contribution in [1.82, 2.24) is 5.32 Å². The van der Waals surface area contributed by atoms with E-state index in [1.807, 2.05) is 7.05 Å². The Bertz CT molecular complexity index is 339. The molecule has 0 saturated carbocycles. The number of benzene rings is 1. The number of hydrogen-bond acceptors (Lipinski definition) is 3. The molecule has 3 nitrogen and oxygen atoms in total. The summed E-state index contributed by atoms with van der Waals surface area (Å²) in [4.78, 5) is 0. The molecule has 1 aromatic carbocycles. The minimum atomic E-state index is 0.242. The van der Waals surface area contributed by atoms with E-state index < -0.39 is 0 Å². The Kier molecular flexibility index (Phi) is 6.19. The van der Waals surface area contributed by atoms with Gasteiger partial charge in [0.2, 0.25) is 0 Å². The van der Waals surface area contributed by atoms with E-state index in [1.165, 1.54) is 16.7 Å². The average molecular weight is 237 g/mol. The van der Waals surface area contributed by atoms with Gasteiger partial charge in [0.25, 0.3) is 0 Å². The molecule has 96 valence electrons. The predicted molar refractivity (Wildman–Crippen MR) is 70.4 cm³/mol. The Balaban J connectivity index is 2.63. The van der Waals surface area contributed by atoms with Gasteiger partial charge in [-0.25, -0.2) is 0 Å². The molecule has 0 aliphatic heterocycles. The molecular weight excluding hydrogens is 214 g/mol. The van der Waals surface area contributed by atoms with E-state index in [9.17, 15) is 0 Å². The minimum absolute atomic E-state index is 0.242. The second-order valence-corrected chi connectivity index (χ2v) is 4.20. The highest BCUT2D eigenvalue weighted by Gasteiger charge is 2.12. The number of aryl methyl sites for hydroxylation is 1. The lowest BCUT2D eigenvalue weighted by Gasteiger charge is -2.20. The first-order valence-corrected chi connectivity index (χ1v) is 6.00. The van der Waals surface area contributed by atoms with E-state index in [-0.39, 0.29) is 6.04 Å². The zero-order valence-corrected chi connectivity index (χ0v) is 11.2. The van der Waals surface area contributed by atoms with Gasteiger partial charge in [-0.15, -0.1) is 0 Å². The molecule has 0 amide bonds. The Morgan fingerprint density at radius 1 is 1.24 bits per heavy atom. The van der Waals surface area contributed by atoms with Crippen LogP contribution in [0.15, 0.2) is 18.2 Å². The standard InChI is InChI=1S/C14H23NO2/c1-11-6-5-7-13(12(11)2)14(15-3)10-17-9-8-16-4/h5-7,14-15H,8-10H2,1-4H3. The Labute approximate surface area is 104 Å². The molecule has 0 fully saturated rings. The molecule has 3 heteroatoms. The van der Waals surface area contributed by atoms with E-state index in [2.05, 4.69) is 37.4 Å². The second-order valence-electron chi connectivity index (χ2n) is 4.20. The van der Waals surface area contributed by atoms with Crippen molar-refractivity contribution in [2.24, 2.45) is 0 Å². The molecule has 1 rings (SSSR count). The molecule has 0 radical (unpaired) electrons. The Morgan fingerprint density at radius 3 is 2.65 bits per heavy atom. The molecule has 0 bridgehead atoms. The van der Waals surface area contributed by atoms with Crippen molar-refractivity contribution in [3.8, 4) is 0 Å². The highest BCUT2D eigenvalue weighted by atomic mass is 16.5. The number of ether oxygens (including phenoxy) is 2. The van der Waals surface area contributed by atoms with Crippen LogP contribution in [0, 0.1) is 13.8 Å². The van der Waals surface area contributed by atoms with Crippen molar-refractivity contribution in [1.29, 1.82) is 0 Å². The van der Waals surface area contributed by atoms with Crippen LogP contribution < -0.4 is 5.32 Å². The summed E-state index contributed by atoms with van der Waals surface area (Å²) in [6.45, 7) is 6.24. The van der Waals surface area contributed by atoms with Crippen molar-refractivity contribution in [2.45, 2.75) is 19.9 Å². The van der Waals surface area contributed by atoms with Crippen LogP contribution in [0.3, 0.4) is 0 Å². The maximum absolute atomic E-state index is 5.59. The molecule has 0 spiro atoms. The maximum atomic E-state index is 5.59.